The minimum Gasteiger partial charge on any atom is -0.339 e. The van der Waals surface area contributed by atoms with E-state index in [4.69, 9.17) is 0 Å². The molecule has 0 saturated heterocycles. The summed E-state index contributed by atoms with van der Waals surface area (Å²) in [7, 11) is 1.95. The lowest BCUT2D eigenvalue weighted by Gasteiger charge is -2.33. The smallest absolute Gasteiger partial charge is 0.253 e. The number of aryl methyl sites for hydroxylation is 1. The van der Waals surface area contributed by atoms with Crippen molar-refractivity contribution in [1.82, 2.24) is 4.90 Å². The lowest BCUT2D eigenvalue weighted by molar-refractivity contribution is 0.0679. The maximum absolute atomic E-state index is 12.4. The van der Waals surface area contributed by atoms with Crippen LogP contribution in [0.15, 0.2) is 24.3 Å². The topological polar surface area (TPSA) is 20.3 Å². The van der Waals surface area contributed by atoms with Gasteiger partial charge in [0.15, 0.2) is 0 Å². The molecule has 98 valence electrons. The van der Waals surface area contributed by atoms with E-state index < -0.39 is 0 Å². The van der Waals surface area contributed by atoms with E-state index in [0.29, 0.717) is 6.04 Å². The molecular weight excluding hydrogens is 222 g/mol. The third-order valence-corrected chi connectivity index (χ3v) is 4.15. The standard InChI is InChI=1S/C16H23NO/c1-12-4-8-14(9-5-12)16(18)17(3)15-10-6-13(2)7-11-15/h4-5,8-9,13,15H,6-7,10-11H2,1-3H3. The van der Waals surface area contributed by atoms with E-state index in [1.807, 2.05) is 43.1 Å². The molecule has 1 aliphatic rings. The van der Waals surface area contributed by atoms with Crippen LogP contribution >= 0.6 is 0 Å². The maximum Gasteiger partial charge on any atom is 0.253 e. The predicted octanol–water partition coefficient (Wildman–Crippen LogP) is 3.65. The first kappa shape index (κ1) is 13.1. The van der Waals surface area contributed by atoms with E-state index in [2.05, 4.69) is 6.92 Å². The summed E-state index contributed by atoms with van der Waals surface area (Å²) in [5.74, 6) is 0.985. The largest absolute Gasteiger partial charge is 0.339 e. The minimum atomic E-state index is 0.162. The monoisotopic (exact) mass is 245 g/mol. The number of hydrogen-bond donors (Lipinski definition) is 0. The van der Waals surface area contributed by atoms with E-state index in [0.717, 1.165) is 24.3 Å². The molecule has 0 heterocycles. The van der Waals surface area contributed by atoms with Gasteiger partial charge in [-0.15, -0.1) is 0 Å². The molecule has 0 N–H and O–H groups in total. The fraction of sp³-hybridized carbons (Fsp3) is 0.562. The quantitative estimate of drug-likeness (QED) is 0.779. The molecule has 0 atom stereocenters. The van der Waals surface area contributed by atoms with Crippen LogP contribution in [0.4, 0.5) is 0 Å². The molecule has 2 rings (SSSR count). The van der Waals surface area contributed by atoms with E-state index in [-0.39, 0.29) is 5.91 Å². The highest BCUT2D eigenvalue weighted by Gasteiger charge is 2.25. The van der Waals surface area contributed by atoms with Crippen LogP contribution < -0.4 is 0 Å². The highest BCUT2D eigenvalue weighted by molar-refractivity contribution is 5.94. The van der Waals surface area contributed by atoms with Crippen molar-refractivity contribution < 1.29 is 4.79 Å². The predicted molar refractivity (Wildman–Crippen MR) is 74.7 cm³/mol. The highest BCUT2D eigenvalue weighted by atomic mass is 16.2. The Morgan fingerprint density at radius 2 is 1.67 bits per heavy atom. The molecule has 0 radical (unpaired) electrons. The third kappa shape index (κ3) is 2.92. The molecule has 1 aromatic rings. The van der Waals surface area contributed by atoms with Gasteiger partial charge in [-0.05, 0) is 50.7 Å². The number of nitrogens with zero attached hydrogens (tertiary/aromatic N) is 1. The molecule has 0 unspecified atom stereocenters. The summed E-state index contributed by atoms with van der Waals surface area (Å²) in [5.41, 5.74) is 2.00. The molecule has 0 aromatic heterocycles. The first-order valence-electron chi connectivity index (χ1n) is 6.91. The second-order valence-electron chi connectivity index (χ2n) is 5.70. The Hall–Kier alpha value is -1.31. The first-order chi connectivity index (χ1) is 8.58. The van der Waals surface area contributed by atoms with Gasteiger partial charge in [0.1, 0.15) is 0 Å². The highest BCUT2D eigenvalue weighted by Crippen LogP contribution is 2.27. The van der Waals surface area contributed by atoms with Gasteiger partial charge < -0.3 is 4.90 Å². The Balaban J connectivity index is 2.02. The molecular formula is C16H23NO. The van der Waals surface area contributed by atoms with Crippen molar-refractivity contribution in [2.24, 2.45) is 5.92 Å². The summed E-state index contributed by atoms with van der Waals surface area (Å²) in [6.07, 6.45) is 4.79. The van der Waals surface area contributed by atoms with E-state index >= 15 is 0 Å². The van der Waals surface area contributed by atoms with Crippen molar-refractivity contribution in [3.05, 3.63) is 35.4 Å². The van der Waals surface area contributed by atoms with Gasteiger partial charge in [-0.3, -0.25) is 4.79 Å². The van der Waals surface area contributed by atoms with Crippen LogP contribution in [0.3, 0.4) is 0 Å². The lowest BCUT2D eigenvalue weighted by atomic mass is 9.86. The van der Waals surface area contributed by atoms with E-state index in [9.17, 15) is 4.79 Å². The zero-order valence-corrected chi connectivity index (χ0v) is 11.6. The minimum absolute atomic E-state index is 0.162. The molecule has 0 spiro atoms. The zero-order chi connectivity index (χ0) is 13.1. The normalized spacial score (nSPS) is 23.7. The van der Waals surface area contributed by atoms with Crippen molar-refractivity contribution in [1.29, 1.82) is 0 Å². The van der Waals surface area contributed by atoms with Gasteiger partial charge in [0.05, 0.1) is 0 Å². The van der Waals surface area contributed by atoms with Crippen LogP contribution in [-0.2, 0) is 0 Å². The second-order valence-corrected chi connectivity index (χ2v) is 5.70. The van der Waals surface area contributed by atoms with Gasteiger partial charge in [0, 0.05) is 18.7 Å². The van der Waals surface area contributed by atoms with Crippen LogP contribution in [0.5, 0.6) is 0 Å². The molecule has 2 nitrogen and oxygen atoms in total. The van der Waals surface area contributed by atoms with Gasteiger partial charge in [0.25, 0.3) is 5.91 Å². The summed E-state index contributed by atoms with van der Waals surface area (Å²) >= 11 is 0. The van der Waals surface area contributed by atoms with Gasteiger partial charge in [0.2, 0.25) is 0 Å². The Labute approximate surface area is 110 Å². The van der Waals surface area contributed by atoms with Crippen molar-refractivity contribution in [2.75, 3.05) is 7.05 Å². The Kier molecular flexibility index (Phi) is 4.05. The third-order valence-electron chi connectivity index (χ3n) is 4.15. The summed E-state index contributed by atoms with van der Waals surface area (Å²) in [4.78, 5) is 14.3. The van der Waals surface area contributed by atoms with E-state index in [1.54, 1.807) is 0 Å². The molecule has 1 saturated carbocycles. The van der Waals surface area contributed by atoms with Crippen LogP contribution in [-0.4, -0.2) is 23.9 Å². The van der Waals surface area contributed by atoms with Crippen molar-refractivity contribution in [3.63, 3.8) is 0 Å². The van der Waals surface area contributed by atoms with Gasteiger partial charge >= 0.3 is 0 Å². The summed E-state index contributed by atoms with van der Waals surface area (Å²) in [6, 6.07) is 8.29. The maximum atomic E-state index is 12.4. The zero-order valence-electron chi connectivity index (χ0n) is 11.6. The summed E-state index contributed by atoms with van der Waals surface area (Å²) in [6.45, 7) is 4.35. The molecule has 1 aliphatic carbocycles. The molecule has 1 aromatic carbocycles. The first-order valence-corrected chi connectivity index (χ1v) is 6.91. The van der Waals surface area contributed by atoms with Crippen molar-refractivity contribution >= 4 is 5.91 Å². The lowest BCUT2D eigenvalue weighted by Crippen LogP contribution is -2.39. The van der Waals surface area contributed by atoms with Crippen molar-refractivity contribution in [2.45, 2.75) is 45.6 Å². The fourth-order valence-electron chi connectivity index (χ4n) is 2.70. The average Bonchev–Trinajstić information content (AvgIpc) is 2.39. The Bertz CT molecular complexity index is 402. The van der Waals surface area contributed by atoms with Crippen LogP contribution in [0.1, 0.15) is 48.5 Å². The van der Waals surface area contributed by atoms with Crippen LogP contribution in [0.25, 0.3) is 0 Å². The number of carbonyl (C=O) groups is 1. The van der Waals surface area contributed by atoms with Gasteiger partial charge in [-0.1, -0.05) is 24.6 Å². The van der Waals surface area contributed by atoms with Crippen LogP contribution in [0, 0.1) is 12.8 Å². The van der Waals surface area contributed by atoms with Gasteiger partial charge in [-0.25, -0.2) is 0 Å². The van der Waals surface area contributed by atoms with Crippen LogP contribution in [0.2, 0.25) is 0 Å². The summed E-state index contributed by atoms with van der Waals surface area (Å²) in [5, 5.41) is 0. The van der Waals surface area contributed by atoms with E-state index in [1.165, 1.54) is 18.4 Å². The second kappa shape index (κ2) is 5.55. The SMILES string of the molecule is Cc1ccc(C(=O)N(C)C2CCC(C)CC2)cc1. The molecule has 0 aliphatic heterocycles. The molecule has 1 amide bonds. The Morgan fingerprint density at radius 1 is 1.11 bits per heavy atom. The fourth-order valence-corrected chi connectivity index (χ4v) is 2.70. The number of hydrogen-bond acceptors (Lipinski definition) is 1. The Morgan fingerprint density at radius 3 is 2.22 bits per heavy atom. The number of amides is 1. The number of carbonyl (C=O) groups excluding carboxylic acids is 1. The average molecular weight is 245 g/mol. The number of rotatable bonds is 2. The molecule has 2 heteroatoms. The van der Waals surface area contributed by atoms with Crippen molar-refractivity contribution in [3.8, 4) is 0 Å². The summed E-state index contributed by atoms with van der Waals surface area (Å²) < 4.78 is 0. The molecule has 18 heavy (non-hydrogen) atoms. The molecule has 1 fully saturated rings. The number of benzene rings is 1. The molecule has 0 bridgehead atoms. The van der Waals surface area contributed by atoms with Gasteiger partial charge in [-0.2, -0.15) is 0 Å².